The zero-order valence-electron chi connectivity index (χ0n) is 9.91. The Bertz CT molecular complexity index is 411. The molecule has 1 aromatic rings. The molecule has 1 saturated carbocycles. The number of hydrogen-bond donors (Lipinski definition) is 3. The number of aliphatic hydroxyl groups is 1. The van der Waals surface area contributed by atoms with Crippen molar-refractivity contribution >= 4 is 27.4 Å². The van der Waals surface area contributed by atoms with E-state index in [-0.39, 0.29) is 6.10 Å². The third-order valence-electron chi connectivity index (χ3n) is 3.37. The van der Waals surface area contributed by atoms with E-state index in [0.29, 0.717) is 11.6 Å². The molecule has 1 heterocycles. The van der Waals surface area contributed by atoms with Crippen molar-refractivity contribution in [2.45, 2.75) is 32.3 Å². The number of aliphatic hydroxyl groups excluding tert-OH is 1. The molecule has 2 unspecified atom stereocenters. The number of anilines is 2. The van der Waals surface area contributed by atoms with E-state index in [4.69, 9.17) is 5.73 Å². The van der Waals surface area contributed by atoms with Crippen LogP contribution in [0.15, 0.2) is 10.7 Å². The van der Waals surface area contributed by atoms with Crippen LogP contribution in [0.25, 0.3) is 0 Å². The Morgan fingerprint density at radius 3 is 3.00 bits per heavy atom. The quantitative estimate of drug-likeness (QED) is 0.801. The first kappa shape index (κ1) is 12.6. The van der Waals surface area contributed by atoms with E-state index in [0.717, 1.165) is 41.7 Å². The summed E-state index contributed by atoms with van der Waals surface area (Å²) in [6, 6.07) is 0. The zero-order chi connectivity index (χ0) is 12.4. The number of aromatic nitrogens is 1. The third kappa shape index (κ3) is 2.90. The smallest absolute Gasteiger partial charge is 0.140 e. The topological polar surface area (TPSA) is 71.2 Å². The van der Waals surface area contributed by atoms with Gasteiger partial charge in [-0.15, -0.1) is 0 Å². The van der Waals surface area contributed by atoms with Gasteiger partial charge < -0.3 is 16.2 Å². The molecule has 0 bridgehead atoms. The summed E-state index contributed by atoms with van der Waals surface area (Å²) in [4.78, 5) is 4.27. The molecule has 0 aliphatic heterocycles. The second-order valence-electron chi connectivity index (χ2n) is 4.71. The van der Waals surface area contributed by atoms with Crippen LogP contribution in [-0.4, -0.2) is 22.7 Å². The first-order valence-corrected chi connectivity index (χ1v) is 6.69. The van der Waals surface area contributed by atoms with Crippen molar-refractivity contribution in [3.63, 3.8) is 0 Å². The monoisotopic (exact) mass is 299 g/mol. The van der Waals surface area contributed by atoms with Crippen molar-refractivity contribution in [1.29, 1.82) is 0 Å². The highest BCUT2D eigenvalue weighted by Crippen LogP contribution is 2.29. The molecule has 0 radical (unpaired) electrons. The number of nitrogen functional groups attached to an aromatic ring is 1. The standard InChI is InChI=1S/C12H18BrN3O/c1-7-10(14)6-16-12(11(7)13)15-5-8-2-3-9(17)4-8/h6,8-9,17H,2-5,14H2,1H3,(H,15,16). The largest absolute Gasteiger partial charge is 0.397 e. The number of rotatable bonds is 3. The lowest BCUT2D eigenvalue weighted by Gasteiger charge is -2.14. The van der Waals surface area contributed by atoms with Crippen LogP contribution in [-0.2, 0) is 0 Å². The number of nitrogens with one attached hydrogen (secondary N) is 1. The number of hydrogen-bond acceptors (Lipinski definition) is 4. The van der Waals surface area contributed by atoms with Crippen molar-refractivity contribution in [3.8, 4) is 0 Å². The number of pyridine rings is 1. The van der Waals surface area contributed by atoms with E-state index in [1.165, 1.54) is 0 Å². The predicted molar refractivity (Wildman–Crippen MR) is 72.9 cm³/mol. The maximum atomic E-state index is 9.46. The molecule has 5 heteroatoms. The summed E-state index contributed by atoms with van der Waals surface area (Å²) in [6.07, 6.45) is 4.44. The lowest BCUT2D eigenvalue weighted by atomic mass is 10.1. The van der Waals surface area contributed by atoms with Crippen LogP contribution in [0.5, 0.6) is 0 Å². The highest BCUT2D eigenvalue weighted by atomic mass is 79.9. The van der Waals surface area contributed by atoms with Gasteiger partial charge in [-0.2, -0.15) is 0 Å². The molecule has 0 aromatic carbocycles. The molecular formula is C12H18BrN3O. The van der Waals surface area contributed by atoms with E-state index in [1.807, 2.05) is 6.92 Å². The molecule has 0 saturated heterocycles. The molecule has 17 heavy (non-hydrogen) atoms. The van der Waals surface area contributed by atoms with Crippen molar-refractivity contribution in [1.82, 2.24) is 4.98 Å². The Morgan fingerprint density at radius 1 is 1.59 bits per heavy atom. The molecule has 0 spiro atoms. The van der Waals surface area contributed by atoms with Gasteiger partial charge in [0.2, 0.25) is 0 Å². The van der Waals surface area contributed by atoms with Crippen molar-refractivity contribution < 1.29 is 5.11 Å². The van der Waals surface area contributed by atoms with Gasteiger partial charge in [0, 0.05) is 6.54 Å². The molecule has 94 valence electrons. The summed E-state index contributed by atoms with van der Waals surface area (Å²) in [6.45, 7) is 2.82. The fourth-order valence-electron chi connectivity index (χ4n) is 2.19. The van der Waals surface area contributed by atoms with Crippen LogP contribution in [0.3, 0.4) is 0 Å². The average Bonchev–Trinajstić information content (AvgIpc) is 2.71. The van der Waals surface area contributed by atoms with Gasteiger partial charge in [0.15, 0.2) is 0 Å². The number of nitrogens with zero attached hydrogens (tertiary/aromatic N) is 1. The van der Waals surface area contributed by atoms with E-state index < -0.39 is 0 Å². The lowest BCUT2D eigenvalue weighted by molar-refractivity contribution is 0.178. The normalized spacial score (nSPS) is 23.9. The summed E-state index contributed by atoms with van der Waals surface area (Å²) in [5.74, 6) is 1.37. The molecule has 1 aliphatic rings. The van der Waals surface area contributed by atoms with E-state index in [2.05, 4.69) is 26.2 Å². The minimum Gasteiger partial charge on any atom is -0.397 e. The summed E-state index contributed by atoms with van der Waals surface area (Å²) >= 11 is 3.50. The first-order valence-electron chi connectivity index (χ1n) is 5.90. The lowest BCUT2D eigenvalue weighted by Crippen LogP contribution is -2.14. The van der Waals surface area contributed by atoms with Crippen LogP contribution in [0.2, 0.25) is 0 Å². The zero-order valence-corrected chi connectivity index (χ0v) is 11.5. The van der Waals surface area contributed by atoms with Gasteiger partial charge in [-0.3, -0.25) is 0 Å². The van der Waals surface area contributed by atoms with Gasteiger partial charge in [0.25, 0.3) is 0 Å². The van der Waals surface area contributed by atoms with Crippen LogP contribution >= 0.6 is 15.9 Å². The summed E-state index contributed by atoms with van der Waals surface area (Å²) < 4.78 is 0.927. The molecule has 2 atom stereocenters. The predicted octanol–water partition coefficient (Wildman–Crippen LogP) is 2.31. The van der Waals surface area contributed by atoms with Crippen molar-refractivity contribution in [2.24, 2.45) is 5.92 Å². The van der Waals surface area contributed by atoms with E-state index >= 15 is 0 Å². The van der Waals surface area contributed by atoms with E-state index in [9.17, 15) is 5.11 Å². The van der Waals surface area contributed by atoms with E-state index in [1.54, 1.807) is 6.20 Å². The Morgan fingerprint density at radius 2 is 2.35 bits per heavy atom. The first-order chi connectivity index (χ1) is 8.08. The Hall–Kier alpha value is -0.810. The molecule has 1 aromatic heterocycles. The average molecular weight is 300 g/mol. The molecule has 1 aliphatic carbocycles. The molecule has 4 nitrogen and oxygen atoms in total. The Labute approximate surface area is 110 Å². The summed E-state index contributed by atoms with van der Waals surface area (Å²) in [7, 11) is 0. The van der Waals surface area contributed by atoms with Gasteiger partial charge in [0.1, 0.15) is 5.82 Å². The Balaban J connectivity index is 1.97. The van der Waals surface area contributed by atoms with Gasteiger partial charge >= 0.3 is 0 Å². The third-order valence-corrected chi connectivity index (χ3v) is 4.34. The van der Waals surface area contributed by atoms with Crippen molar-refractivity contribution in [3.05, 3.63) is 16.2 Å². The van der Waals surface area contributed by atoms with Crippen LogP contribution in [0.1, 0.15) is 24.8 Å². The molecule has 4 N–H and O–H groups in total. The number of halogens is 1. The fourth-order valence-corrected chi connectivity index (χ4v) is 2.66. The molecule has 1 fully saturated rings. The second-order valence-corrected chi connectivity index (χ2v) is 5.51. The summed E-state index contributed by atoms with van der Waals surface area (Å²) in [5.41, 5.74) is 7.47. The fraction of sp³-hybridized carbons (Fsp3) is 0.583. The second kappa shape index (κ2) is 5.23. The maximum absolute atomic E-state index is 9.46. The molecular weight excluding hydrogens is 282 g/mol. The highest BCUT2D eigenvalue weighted by molar-refractivity contribution is 9.10. The van der Waals surface area contributed by atoms with Crippen LogP contribution in [0.4, 0.5) is 11.5 Å². The van der Waals surface area contributed by atoms with Gasteiger partial charge in [-0.05, 0) is 53.6 Å². The van der Waals surface area contributed by atoms with Crippen LogP contribution in [0, 0.1) is 12.8 Å². The SMILES string of the molecule is Cc1c(N)cnc(NCC2CCC(O)C2)c1Br. The van der Waals surface area contributed by atoms with Gasteiger partial charge in [-0.1, -0.05) is 0 Å². The van der Waals surface area contributed by atoms with Gasteiger partial charge in [0.05, 0.1) is 22.5 Å². The highest BCUT2D eigenvalue weighted by Gasteiger charge is 2.22. The number of nitrogens with two attached hydrogens (primary N) is 1. The Kier molecular flexibility index (Phi) is 3.89. The molecule has 0 amide bonds. The van der Waals surface area contributed by atoms with Crippen molar-refractivity contribution in [2.75, 3.05) is 17.6 Å². The minimum atomic E-state index is -0.119. The van der Waals surface area contributed by atoms with Crippen LogP contribution < -0.4 is 11.1 Å². The molecule has 2 rings (SSSR count). The van der Waals surface area contributed by atoms with Gasteiger partial charge in [-0.25, -0.2) is 4.98 Å². The maximum Gasteiger partial charge on any atom is 0.140 e. The minimum absolute atomic E-state index is 0.119. The summed E-state index contributed by atoms with van der Waals surface area (Å²) in [5, 5.41) is 12.8.